The molecule has 0 aliphatic heterocycles. The van der Waals surface area contributed by atoms with Gasteiger partial charge in [0, 0.05) is 59.6 Å². The van der Waals surface area contributed by atoms with Crippen molar-refractivity contribution in [3.8, 4) is 0 Å². The van der Waals surface area contributed by atoms with Crippen molar-refractivity contribution in [3.05, 3.63) is 35.4 Å². The van der Waals surface area contributed by atoms with E-state index in [9.17, 15) is 37.2 Å². The molecule has 15 nitrogen and oxygen atoms in total. The maximum absolute atomic E-state index is 14.4. The van der Waals surface area contributed by atoms with Crippen molar-refractivity contribution in [2.45, 2.75) is 213 Å². The number of thioether (sulfide) groups is 1. The van der Waals surface area contributed by atoms with Gasteiger partial charge in [-0.1, -0.05) is 26.0 Å². The minimum atomic E-state index is -3.86. The summed E-state index contributed by atoms with van der Waals surface area (Å²) in [5, 5.41) is 8.07. The molecule has 0 aliphatic rings. The molecule has 67 heavy (non-hydrogen) atoms. The Morgan fingerprint density at radius 2 is 1.00 bits per heavy atom. The molecule has 0 fully saturated rings. The van der Waals surface area contributed by atoms with Crippen LogP contribution >= 0.6 is 11.8 Å². The number of rotatable bonds is 26. The van der Waals surface area contributed by atoms with Crippen molar-refractivity contribution < 1.29 is 56.1 Å². The average molecular weight is 984 g/mol. The molecule has 3 atom stereocenters. The minimum Gasteiger partial charge on any atom is -0.460 e. The topological polar surface area (TPSA) is 210 Å². The molecule has 0 radical (unpaired) electrons. The van der Waals surface area contributed by atoms with Gasteiger partial charge in [0.25, 0.3) is 5.91 Å². The van der Waals surface area contributed by atoms with Crippen LogP contribution in [0.4, 0.5) is 0 Å². The predicted molar refractivity (Wildman–Crippen MR) is 266 cm³/mol. The van der Waals surface area contributed by atoms with Crippen LogP contribution < -0.4 is 16.0 Å². The van der Waals surface area contributed by atoms with Crippen LogP contribution in [0.25, 0.3) is 0 Å². The van der Waals surface area contributed by atoms with Crippen LogP contribution in [0.1, 0.15) is 184 Å². The summed E-state index contributed by atoms with van der Waals surface area (Å²) < 4.78 is 49.3. The lowest BCUT2D eigenvalue weighted by atomic mass is 9.99. The number of sulfone groups is 1. The third kappa shape index (κ3) is 25.6. The Kier molecular flexibility index (Phi) is 23.3. The molecule has 3 N–H and O–H groups in total. The molecule has 0 spiro atoms. The molecule has 0 saturated carbocycles. The molecule has 0 heterocycles. The van der Waals surface area contributed by atoms with Gasteiger partial charge in [-0.3, -0.25) is 28.8 Å². The van der Waals surface area contributed by atoms with E-state index in [0.29, 0.717) is 13.0 Å². The van der Waals surface area contributed by atoms with Crippen LogP contribution in [0.5, 0.6) is 0 Å². The fourth-order valence-electron chi connectivity index (χ4n) is 6.22. The quantitative estimate of drug-likeness (QED) is 0.0595. The van der Waals surface area contributed by atoms with E-state index in [2.05, 4.69) is 16.0 Å². The molecule has 1 aromatic carbocycles. The van der Waals surface area contributed by atoms with Gasteiger partial charge < -0.3 is 34.9 Å². The first kappa shape index (κ1) is 61.5. The van der Waals surface area contributed by atoms with Gasteiger partial charge in [-0.2, -0.15) is 11.8 Å². The lowest BCUT2D eigenvalue weighted by molar-refractivity contribution is -0.156. The Morgan fingerprint density at radius 1 is 0.582 bits per heavy atom. The second-order valence-electron chi connectivity index (χ2n) is 22.7. The molecular weight excluding hydrogens is 899 g/mol. The van der Waals surface area contributed by atoms with Crippen LogP contribution in [0.2, 0.25) is 0 Å². The van der Waals surface area contributed by atoms with Gasteiger partial charge in [-0.25, -0.2) is 8.42 Å². The van der Waals surface area contributed by atoms with Gasteiger partial charge in [-0.05, 0) is 149 Å². The first-order valence-corrected chi connectivity index (χ1v) is 26.0. The lowest BCUT2D eigenvalue weighted by Gasteiger charge is -2.31. The Hall–Kier alpha value is -3.54. The van der Waals surface area contributed by atoms with Crippen LogP contribution in [-0.4, -0.2) is 119 Å². The zero-order valence-corrected chi connectivity index (χ0v) is 45.5. The van der Waals surface area contributed by atoms with Gasteiger partial charge in [0.05, 0.1) is 21.7 Å². The zero-order chi connectivity index (χ0) is 52.0. The Bertz CT molecular complexity index is 1920. The SMILES string of the molecule is CC(C)NC(=O)C(CCC(=O)OC(C)(C)C)NC(=O)[C@H](CCC(=O)OC(C)(C)C)NC(=O)c1ccc(C(=O)C(CSC(C)(C)CCOC(C)(C)C)CS(=O)(=O)C(C)(C)CCOC(C)(C)C)cc1. The summed E-state index contributed by atoms with van der Waals surface area (Å²) in [7, 11) is -3.86. The molecule has 17 heteroatoms. The molecule has 384 valence electrons. The third-order valence-corrected chi connectivity index (χ3v) is 14.3. The number of hydrogen-bond donors (Lipinski definition) is 3. The maximum atomic E-state index is 14.4. The van der Waals surface area contributed by atoms with Crippen molar-refractivity contribution in [3.63, 3.8) is 0 Å². The number of benzene rings is 1. The zero-order valence-electron chi connectivity index (χ0n) is 43.9. The Morgan fingerprint density at radius 3 is 1.43 bits per heavy atom. The molecule has 3 amide bonds. The normalized spacial score (nSPS) is 14.4. The van der Waals surface area contributed by atoms with Gasteiger partial charge in [0.1, 0.15) is 23.3 Å². The smallest absolute Gasteiger partial charge is 0.306 e. The average Bonchev–Trinajstić information content (AvgIpc) is 3.13. The number of Topliss-reactive ketones (excluding diaryl/α,β-unsaturated/α-hetero) is 1. The molecule has 0 aliphatic carbocycles. The minimum absolute atomic E-state index is 0.0733. The second-order valence-corrected chi connectivity index (χ2v) is 27.1. The van der Waals surface area contributed by atoms with E-state index in [4.69, 9.17) is 18.9 Å². The summed E-state index contributed by atoms with van der Waals surface area (Å²) in [6.07, 6.45) is 0.152. The first-order chi connectivity index (χ1) is 30.2. The van der Waals surface area contributed by atoms with E-state index in [0.717, 1.165) is 0 Å². The number of carbonyl (C=O) groups excluding carboxylic acids is 6. The van der Waals surface area contributed by atoms with Crippen LogP contribution in [0.15, 0.2) is 24.3 Å². The van der Waals surface area contributed by atoms with Crippen LogP contribution in [-0.2, 0) is 48.0 Å². The van der Waals surface area contributed by atoms with Gasteiger partial charge in [0.2, 0.25) is 11.8 Å². The Labute approximate surface area is 406 Å². The molecule has 0 saturated heterocycles. The van der Waals surface area contributed by atoms with Gasteiger partial charge in [0.15, 0.2) is 15.6 Å². The van der Waals surface area contributed by atoms with E-state index in [1.807, 2.05) is 55.4 Å². The van der Waals surface area contributed by atoms with E-state index in [1.165, 1.54) is 36.0 Å². The fourth-order valence-corrected chi connectivity index (χ4v) is 9.16. The molecule has 0 bridgehead atoms. The molecule has 1 rings (SSSR count). The highest BCUT2D eigenvalue weighted by Crippen LogP contribution is 2.34. The van der Waals surface area contributed by atoms with E-state index >= 15 is 0 Å². The van der Waals surface area contributed by atoms with Gasteiger partial charge in [-0.15, -0.1) is 0 Å². The number of ether oxygens (including phenoxy) is 4. The summed E-state index contributed by atoms with van der Waals surface area (Å²) in [6.45, 7) is 33.4. The van der Waals surface area contributed by atoms with E-state index in [-0.39, 0.29) is 72.0 Å². The largest absolute Gasteiger partial charge is 0.460 e. The van der Waals surface area contributed by atoms with Crippen molar-refractivity contribution >= 4 is 57.0 Å². The van der Waals surface area contributed by atoms with E-state index in [1.54, 1.807) is 69.2 Å². The highest BCUT2D eigenvalue weighted by molar-refractivity contribution is 8.00. The summed E-state index contributed by atoms with van der Waals surface area (Å²) in [5.74, 6) is -4.75. The predicted octanol–water partition coefficient (Wildman–Crippen LogP) is 7.95. The van der Waals surface area contributed by atoms with Crippen molar-refractivity contribution in [1.29, 1.82) is 0 Å². The van der Waals surface area contributed by atoms with Crippen molar-refractivity contribution in [2.75, 3.05) is 24.7 Å². The summed E-state index contributed by atoms with van der Waals surface area (Å²) in [4.78, 5) is 80.8. The summed E-state index contributed by atoms with van der Waals surface area (Å²) in [6, 6.07) is 2.90. The molecule has 2 unspecified atom stereocenters. The standard InChI is InChI=1S/C50H85N3O12S2/c1-33(2)51-43(58)37(23-25-39(54)64-47(9,10)11)53-44(59)38(24-26-40(55)65-48(12,13)14)52-42(57)35-21-19-34(20-22-35)41(56)36(31-66-49(15,16)27-29-62-45(3,4)5)32-67(60,61)50(17,18)28-30-63-46(6,7)8/h19-22,33,36-38H,23-32H2,1-18H3,(H,51,58)(H,52,57)(H,53,59)/t36?,37?,38-/m0/s1. The first-order valence-electron chi connectivity index (χ1n) is 23.4. The number of hydrogen-bond acceptors (Lipinski definition) is 13. The van der Waals surface area contributed by atoms with Crippen LogP contribution in [0, 0.1) is 5.92 Å². The van der Waals surface area contributed by atoms with Crippen molar-refractivity contribution in [2.24, 2.45) is 5.92 Å². The third-order valence-electron chi connectivity index (χ3n) is 10.0. The number of carbonyl (C=O) groups is 6. The number of nitrogens with one attached hydrogen (secondary N) is 3. The van der Waals surface area contributed by atoms with Gasteiger partial charge >= 0.3 is 11.9 Å². The number of ketones is 1. The molecular formula is C50H85N3O12S2. The number of amides is 3. The Balaban J connectivity index is 3.52. The number of esters is 2. The van der Waals surface area contributed by atoms with E-state index < -0.39 is 90.6 Å². The van der Waals surface area contributed by atoms with Crippen molar-refractivity contribution in [1.82, 2.24) is 16.0 Å². The lowest BCUT2D eigenvalue weighted by Crippen LogP contribution is -2.54. The fraction of sp³-hybridized carbons (Fsp3) is 0.760. The monoisotopic (exact) mass is 984 g/mol. The second kappa shape index (κ2) is 25.4. The highest BCUT2D eigenvalue weighted by atomic mass is 32.2. The summed E-state index contributed by atoms with van der Waals surface area (Å²) >= 11 is 1.50. The molecule has 0 aromatic heterocycles. The summed E-state index contributed by atoms with van der Waals surface area (Å²) in [5.41, 5.74) is -2.09. The maximum Gasteiger partial charge on any atom is 0.306 e. The van der Waals surface area contributed by atoms with Crippen LogP contribution in [0.3, 0.4) is 0 Å². The highest BCUT2D eigenvalue weighted by Gasteiger charge is 2.39. The molecule has 1 aromatic rings.